The first kappa shape index (κ1) is 15.0. The van der Waals surface area contributed by atoms with Crippen molar-refractivity contribution >= 4 is 39.3 Å². The summed E-state index contributed by atoms with van der Waals surface area (Å²) in [4.78, 5) is 23.3. The molecule has 1 heterocycles. The predicted molar refractivity (Wildman–Crippen MR) is 73.7 cm³/mol. The first-order valence-corrected chi connectivity index (χ1v) is 7.02. The van der Waals surface area contributed by atoms with Gasteiger partial charge in [0.05, 0.1) is 16.2 Å². The fourth-order valence-corrected chi connectivity index (χ4v) is 2.63. The highest BCUT2D eigenvalue weighted by atomic mass is 79.9. The number of carboxylic acids is 1. The molecule has 18 heavy (non-hydrogen) atoms. The van der Waals surface area contributed by atoms with Crippen LogP contribution in [0, 0.1) is 5.92 Å². The topological polar surface area (TPSA) is 78.4 Å². The number of carbonyl (C=O) groups excluding carboxylic acids is 1. The van der Waals surface area contributed by atoms with Crippen molar-refractivity contribution in [1.29, 1.82) is 0 Å². The summed E-state index contributed by atoms with van der Waals surface area (Å²) in [5.41, 5.74) is 0. The Labute approximate surface area is 118 Å². The monoisotopic (exact) mass is 334 g/mol. The molecule has 2 atom stereocenters. The number of hydrogen-bond acceptors (Lipinski definition) is 3. The molecule has 0 aliphatic heterocycles. The van der Waals surface area contributed by atoms with Crippen LogP contribution in [0.1, 0.15) is 18.7 Å². The molecule has 0 aliphatic rings. The number of halogens is 1. The van der Waals surface area contributed by atoms with Gasteiger partial charge in [0.2, 0.25) is 0 Å². The lowest BCUT2D eigenvalue weighted by molar-refractivity contribution is -0.141. The van der Waals surface area contributed by atoms with Crippen LogP contribution in [-0.4, -0.2) is 23.1 Å². The van der Waals surface area contributed by atoms with Crippen molar-refractivity contribution in [3.05, 3.63) is 20.8 Å². The van der Waals surface area contributed by atoms with E-state index in [0.29, 0.717) is 6.54 Å². The number of carboxylic acid groups (broad SMARTS) is 1. The lowest BCUT2D eigenvalue weighted by atomic mass is 10.0. The van der Waals surface area contributed by atoms with Crippen LogP contribution in [0.5, 0.6) is 0 Å². The molecule has 0 spiro atoms. The van der Waals surface area contributed by atoms with Crippen LogP contribution in [0.25, 0.3) is 0 Å². The first-order chi connectivity index (χ1) is 8.40. The van der Waals surface area contributed by atoms with E-state index in [1.54, 1.807) is 13.8 Å². The van der Waals surface area contributed by atoms with E-state index in [2.05, 4.69) is 26.6 Å². The normalized spacial score (nSPS) is 13.7. The molecule has 0 aromatic carbocycles. The van der Waals surface area contributed by atoms with Gasteiger partial charge in [-0.15, -0.1) is 11.3 Å². The van der Waals surface area contributed by atoms with E-state index in [0.717, 1.165) is 8.66 Å². The summed E-state index contributed by atoms with van der Waals surface area (Å²) in [5, 5.41) is 14.1. The average molecular weight is 335 g/mol. The van der Waals surface area contributed by atoms with Gasteiger partial charge in [0.25, 0.3) is 0 Å². The molecule has 1 aromatic rings. The van der Waals surface area contributed by atoms with E-state index >= 15 is 0 Å². The third-order valence-corrected chi connectivity index (χ3v) is 4.17. The fourth-order valence-electron chi connectivity index (χ4n) is 1.21. The minimum absolute atomic E-state index is 0.361. The maximum atomic E-state index is 11.5. The van der Waals surface area contributed by atoms with Gasteiger partial charge < -0.3 is 15.7 Å². The summed E-state index contributed by atoms with van der Waals surface area (Å²) in [7, 11) is 0. The lowest BCUT2D eigenvalue weighted by Gasteiger charge is -2.17. The first-order valence-electron chi connectivity index (χ1n) is 5.41. The molecule has 1 rings (SSSR count). The van der Waals surface area contributed by atoms with Gasteiger partial charge in [0, 0.05) is 10.9 Å². The number of carbonyl (C=O) groups is 2. The van der Waals surface area contributed by atoms with Crippen LogP contribution >= 0.6 is 27.3 Å². The standard InChI is InChI=1S/C11H15BrN2O3S/c1-6(10(15)16)7(2)14-11(17)13-5-8-3-4-9(12)18-8/h3-4,6-7H,5H2,1-2H3,(H,15,16)(H2,13,14,17). The number of aliphatic carboxylic acids is 1. The van der Waals surface area contributed by atoms with E-state index in [-0.39, 0.29) is 6.03 Å². The zero-order valence-corrected chi connectivity index (χ0v) is 12.5. The van der Waals surface area contributed by atoms with E-state index in [1.807, 2.05) is 12.1 Å². The molecule has 1 aromatic heterocycles. The van der Waals surface area contributed by atoms with Gasteiger partial charge >= 0.3 is 12.0 Å². The van der Waals surface area contributed by atoms with E-state index in [1.165, 1.54) is 11.3 Å². The Morgan fingerprint density at radius 3 is 2.61 bits per heavy atom. The van der Waals surface area contributed by atoms with Gasteiger partial charge in [0.15, 0.2) is 0 Å². The smallest absolute Gasteiger partial charge is 0.315 e. The molecule has 100 valence electrons. The third-order valence-electron chi connectivity index (χ3n) is 2.55. The summed E-state index contributed by atoms with van der Waals surface area (Å²) in [5.74, 6) is -1.54. The largest absolute Gasteiger partial charge is 0.481 e. The highest BCUT2D eigenvalue weighted by Gasteiger charge is 2.20. The van der Waals surface area contributed by atoms with Crippen LogP contribution in [0.2, 0.25) is 0 Å². The van der Waals surface area contributed by atoms with Crippen LogP contribution in [0.3, 0.4) is 0 Å². The quantitative estimate of drug-likeness (QED) is 0.773. The van der Waals surface area contributed by atoms with Crippen LogP contribution in [0.4, 0.5) is 4.79 Å². The molecule has 0 bridgehead atoms. The lowest BCUT2D eigenvalue weighted by Crippen LogP contribution is -2.44. The Bertz CT molecular complexity index is 436. The summed E-state index contributed by atoms with van der Waals surface area (Å²) < 4.78 is 1.01. The van der Waals surface area contributed by atoms with Gasteiger partial charge in [-0.3, -0.25) is 4.79 Å². The Morgan fingerprint density at radius 2 is 2.11 bits per heavy atom. The zero-order valence-electron chi connectivity index (χ0n) is 10.1. The van der Waals surface area contributed by atoms with E-state index in [4.69, 9.17) is 5.11 Å². The summed E-state index contributed by atoms with van der Waals surface area (Å²) in [6.45, 7) is 3.65. The number of urea groups is 1. The second-order valence-corrected chi connectivity index (χ2v) is 6.50. The van der Waals surface area contributed by atoms with Gasteiger partial charge in [-0.25, -0.2) is 4.79 Å². The van der Waals surface area contributed by atoms with Crippen LogP contribution in [0.15, 0.2) is 15.9 Å². The van der Waals surface area contributed by atoms with Crippen LogP contribution in [-0.2, 0) is 11.3 Å². The number of nitrogens with one attached hydrogen (secondary N) is 2. The second kappa shape index (κ2) is 6.75. The van der Waals surface area contributed by atoms with Crippen molar-refractivity contribution < 1.29 is 14.7 Å². The number of thiophene rings is 1. The van der Waals surface area contributed by atoms with Gasteiger partial charge in [-0.1, -0.05) is 0 Å². The molecule has 0 saturated carbocycles. The molecule has 0 radical (unpaired) electrons. The highest BCUT2D eigenvalue weighted by molar-refractivity contribution is 9.11. The van der Waals surface area contributed by atoms with Gasteiger partial charge in [0.1, 0.15) is 0 Å². The summed E-state index contributed by atoms with van der Waals surface area (Å²) >= 11 is 4.88. The van der Waals surface area contributed by atoms with Crippen molar-refractivity contribution in [3.8, 4) is 0 Å². The Kier molecular flexibility index (Phi) is 5.61. The highest BCUT2D eigenvalue weighted by Crippen LogP contribution is 2.21. The van der Waals surface area contributed by atoms with E-state index in [9.17, 15) is 9.59 Å². The minimum atomic E-state index is -0.926. The molecular formula is C11H15BrN2O3S. The fraction of sp³-hybridized carbons (Fsp3) is 0.455. The molecule has 2 unspecified atom stereocenters. The Hall–Kier alpha value is -1.08. The zero-order chi connectivity index (χ0) is 13.7. The van der Waals surface area contributed by atoms with Gasteiger partial charge in [-0.05, 0) is 41.9 Å². The number of rotatable bonds is 5. The number of hydrogen-bond donors (Lipinski definition) is 3. The summed E-state index contributed by atoms with van der Waals surface area (Å²) in [6, 6.07) is 3.05. The SMILES string of the molecule is CC(NC(=O)NCc1ccc(Br)s1)C(C)C(=O)O. The van der Waals surface area contributed by atoms with Gasteiger partial charge in [-0.2, -0.15) is 0 Å². The molecule has 0 fully saturated rings. The minimum Gasteiger partial charge on any atom is -0.481 e. The van der Waals surface area contributed by atoms with Crippen molar-refractivity contribution in [3.63, 3.8) is 0 Å². The Morgan fingerprint density at radius 1 is 1.44 bits per heavy atom. The van der Waals surface area contributed by atoms with Crippen LogP contribution < -0.4 is 10.6 Å². The molecule has 2 amide bonds. The molecule has 0 saturated heterocycles. The number of amides is 2. The molecular weight excluding hydrogens is 320 g/mol. The molecule has 5 nitrogen and oxygen atoms in total. The maximum Gasteiger partial charge on any atom is 0.315 e. The van der Waals surface area contributed by atoms with E-state index < -0.39 is 17.9 Å². The maximum absolute atomic E-state index is 11.5. The Balaban J connectivity index is 2.35. The van der Waals surface area contributed by atoms with Crippen molar-refractivity contribution in [2.24, 2.45) is 5.92 Å². The third kappa shape index (κ3) is 4.66. The average Bonchev–Trinajstić information content (AvgIpc) is 2.71. The molecule has 3 N–H and O–H groups in total. The van der Waals surface area contributed by atoms with Crippen molar-refractivity contribution in [2.45, 2.75) is 26.4 Å². The van der Waals surface area contributed by atoms with Crippen molar-refractivity contribution in [1.82, 2.24) is 10.6 Å². The second-order valence-electron chi connectivity index (χ2n) is 3.95. The predicted octanol–water partition coefficient (Wildman–Crippen LogP) is 2.42. The summed E-state index contributed by atoms with van der Waals surface area (Å²) in [6.07, 6.45) is 0. The molecule has 0 aliphatic carbocycles. The van der Waals surface area contributed by atoms with Crippen molar-refractivity contribution in [2.75, 3.05) is 0 Å². The molecule has 7 heteroatoms.